The average molecular weight is 507 g/mol. The predicted molar refractivity (Wildman–Crippen MR) is 123 cm³/mol. The minimum atomic E-state index is -1.48. The zero-order valence-electron chi connectivity index (χ0n) is 19.1. The zero-order chi connectivity index (χ0) is 26.4. The van der Waals surface area contributed by atoms with E-state index in [1.807, 2.05) is 0 Å². The maximum atomic E-state index is 12.8. The summed E-state index contributed by atoms with van der Waals surface area (Å²) in [6.45, 7) is 1.24. The lowest BCUT2D eigenvalue weighted by Crippen LogP contribution is -2.59. The minimum Gasteiger partial charge on any atom is -0.480 e. The molecule has 0 saturated carbocycles. The van der Waals surface area contributed by atoms with Crippen molar-refractivity contribution in [1.82, 2.24) is 16.0 Å². The van der Waals surface area contributed by atoms with Crippen LogP contribution in [0.4, 0.5) is 0 Å². The number of aliphatic hydroxyl groups excluding tert-OH is 1. The number of carboxylic acid groups (broad SMARTS) is 1. The predicted octanol–water partition coefficient (Wildman–Crippen LogP) is -3.48. The van der Waals surface area contributed by atoms with Crippen LogP contribution in [-0.2, 0) is 28.8 Å². The molecule has 0 saturated heterocycles. The highest BCUT2D eigenvalue weighted by molar-refractivity contribution is 7.98. The SMILES string of the molecule is CSCCC(NC(=O)C(NC(=O)C(N)CCC(N)=O)C(C)O)C(=O)NC(CCC(N)=O)C(=O)O. The molecule has 0 aromatic heterocycles. The number of aliphatic carboxylic acids is 1. The van der Waals surface area contributed by atoms with Crippen molar-refractivity contribution in [2.75, 3.05) is 12.0 Å². The summed E-state index contributed by atoms with van der Waals surface area (Å²) in [4.78, 5) is 70.9. The van der Waals surface area contributed by atoms with Crippen LogP contribution in [-0.4, -0.2) is 88.0 Å². The van der Waals surface area contributed by atoms with E-state index in [2.05, 4.69) is 16.0 Å². The van der Waals surface area contributed by atoms with Crippen LogP contribution in [0.2, 0.25) is 0 Å². The molecule has 0 heterocycles. The smallest absolute Gasteiger partial charge is 0.326 e. The third kappa shape index (κ3) is 12.4. The number of amides is 5. The number of primary amides is 2. The lowest BCUT2D eigenvalue weighted by Gasteiger charge is -2.26. The normalized spacial score (nSPS) is 15.2. The van der Waals surface area contributed by atoms with Crippen LogP contribution in [0.1, 0.15) is 39.0 Å². The van der Waals surface area contributed by atoms with Gasteiger partial charge in [-0.25, -0.2) is 4.79 Å². The molecule has 34 heavy (non-hydrogen) atoms. The molecule has 15 heteroatoms. The van der Waals surface area contributed by atoms with Crippen LogP contribution in [0.3, 0.4) is 0 Å². The number of nitrogens with one attached hydrogen (secondary N) is 3. The van der Waals surface area contributed by atoms with Gasteiger partial charge in [-0.1, -0.05) is 0 Å². The molecule has 0 aromatic rings. The Morgan fingerprint density at radius 3 is 1.82 bits per heavy atom. The fraction of sp³-hybridized carbons (Fsp3) is 0.684. The fourth-order valence-electron chi connectivity index (χ4n) is 2.68. The summed E-state index contributed by atoms with van der Waals surface area (Å²) in [7, 11) is 0. The highest BCUT2D eigenvalue weighted by atomic mass is 32.2. The van der Waals surface area contributed by atoms with E-state index in [4.69, 9.17) is 17.2 Å². The standard InChI is InChI=1S/C19H34N6O8S/c1-9(26)15(25-16(29)10(20)3-5-13(21)27)18(31)23-11(7-8-34-2)17(30)24-12(19(32)33)4-6-14(22)28/h9-12,15,26H,3-8,20H2,1-2H3,(H2,21,27)(H2,22,28)(H,23,31)(H,24,30)(H,25,29)(H,32,33). The van der Waals surface area contributed by atoms with Gasteiger partial charge < -0.3 is 43.4 Å². The number of aliphatic hydroxyl groups is 1. The molecule has 0 aliphatic rings. The number of hydrogen-bond acceptors (Lipinski definition) is 9. The summed E-state index contributed by atoms with van der Waals surface area (Å²) in [5.74, 6) is -4.91. The Kier molecular flexibility index (Phi) is 14.5. The van der Waals surface area contributed by atoms with E-state index in [0.29, 0.717) is 5.75 Å². The second kappa shape index (κ2) is 15.8. The van der Waals surface area contributed by atoms with Crippen molar-refractivity contribution in [2.24, 2.45) is 17.2 Å². The third-order valence-electron chi connectivity index (χ3n) is 4.64. The number of carbonyl (C=O) groups is 6. The van der Waals surface area contributed by atoms with Gasteiger partial charge in [-0.15, -0.1) is 0 Å². The van der Waals surface area contributed by atoms with Crippen LogP contribution in [0.5, 0.6) is 0 Å². The van der Waals surface area contributed by atoms with Gasteiger partial charge in [0.25, 0.3) is 0 Å². The highest BCUT2D eigenvalue weighted by Crippen LogP contribution is 2.06. The van der Waals surface area contributed by atoms with E-state index in [1.54, 1.807) is 6.26 Å². The van der Waals surface area contributed by atoms with Crippen LogP contribution < -0.4 is 33.2 Å². The van der Waals surface area contributed by atoms with Gasteiger partial charge in [0, 0.05) is 12.8 Å². The van der Waals surface area contributed by atoms with Gasteiger partial charge in [0.15, 0.2) is 0 Å². The van der Waals surface area contributed by atoms with Crippen molar-refractivity contribution < 1.29 is 39.0 Å². The molecular weight excluding hydrogens is 472 g/mol. The van der Waals surface area contributed by atoms with Crippen LogP contribution >= 0.6 is 11.8 Å². The second-order valence-corrected chi connectivity index (χ2v) is 8.57. The molecule has 11 N–H and O–H groups in total. The molecule has 0 fully saturated rings. The average Bonchev–Trinajstić information content (AvgIpc) is 2.74. The summed E-state index contributed by atoms with van der Waals surface area (Å²) < 4.78 is 0. The van der Waals surface area contributed by atoms with Crippen LogP contribution in [0.25, 0.3) is 0 Å². The van der Waals surface area contributed by atoms with E-state index in [0.717, 1.165) is 0 Å². The molecule has 5 atom stereocenters. The summed E-state index contributed by atoms with van der Waals surface area (Å²) in [5, 5.41) is 26.2. The molecule has 0 radical (unpaired) electrons. The van der Waals surface area contributed by atoms with E-state index in [9.17, 15) is 39.0 Å². The largest absolute Gasteiger partial charge is 0.480 e. The summed E-state index contributed by atoms with van der Waals surface area (Å²) in [6, 6.07) is -5.26. The number of rotatable bonds is 17. The topological polar surface area (TPSA) is 257 Å². The van der Waals surface area contributed by atoms with Crippen molar-refractivity contribution in [2.45, 2.75) is 69.3 Å². The number of carboxylic acids is 1. The van der Waals surface area contributed by atoms with Gasteiger partial charge in [0.2, 0.25) is 29.5 Å². The summed E-state index contributed by atoms with van der Waals surface area (Å²) >= 11 is 1.37. The first kappa shape index (κ1) is 31.1. The van der Waals surface area contributed by atoms with Crippen molar-refractivity contribution >= 4 is 47.3 Å². The van der Waals surface area contributed by atoms with Crippen LogP contribution in [0.15, 0.2) is 0 Å². The quantitative estimate of drug-likeness (QED) is 0.0965. The van der Waals surface area contributed by atoms with E-state index < -0.39 is 65.8 Å². The van der Waals surface area contributed by atoms with E-state index in [-0.39, 0.29) is 32.1 Å². The number of carbonyl (C=O) groups excluding carboxylic acids is 5. The molecule has 0 aromatic carbocycles. The van der Waals surface area contributed by atoms with Gasteiger partial charge in [-0.3, -0.25) is 24.0 Å². The molecule has 0 spiro atoms. The summed E-state index contributed by atoms with van der Waals surface area (Å²) in [5.41, 5.74) is 15.7. The lowest BCUT2D eigenvalue weighted by atomic mass is 10.1. The molecule has 0 aliphatic heterocycles. The van der Waals surface area contributed by atoms with Crippen molar-refractivity contribution in [3.05, 3.63) is 0 Å². The lowest BCUT2D eigenvalue weighted by molar-refractivity contribution is -0.142. The first-order valence-electron chi connectivity index (χ1n) is 10.4. The number of nitrogens with two attached hydrogens (primary N) is 3. The Morgan fingerprint density at radius 2 is 1.35 bits per heavy atom. The van der Waals surface area contributed by atoms with Gasteiger partial charge >= 0.3 is 5.97 Å². The molecule has 14 nitrogen and oxygen atoms in total. The molecular formula is C19H34N6O8S. The number of hydrogen-bond donors (Lipinski definition) is 8. The zero-order valence-corrected chi connectivity index (χ0v) is 19.9. The van der Waals surface area contributed by atoms with Gasteiger partial charge in [-0.05, 0) is 38.2 Å². The summed E-state index contributed by atoms with van der Waals surface area (Å²) in [6.07, 6.45) is -0.248. The molecule has 5 amide bonds. The fourth-order valence-corrected chi connectivity index (χ4v) is 3.15. The maximum Gasteiger partial charge on any atom is 0.326 e. The first-order valence-corrected chi connectivity index (χ1v) is 11.8. The Hall–Kier alpha value is -2.91. The Bertz CT molecular complexity index is 750. The Labute approximate surface area is 201 Å². The van der Waals surface area contributed by atoms with Crippen LogP contribution in [0, 0.1) is 0 Å². The maximum absolute atomic E-state index is 12.8. The molecule has 0 aliphatic carbocycles. The monoisotopic (exact) mass is 506 g/mol. The minimum absolute atomic E-state index is 0.0735. The molecule has 0 rings (SSSR count). The molecule has 194 valence electrons. The van der Waals surface area contributed by atoms with Gasteiger partial charge in [-0.2, -0.15) is 11.8 Å². The van der Waals surface area contributed by atoms with Crippen molar-refractivity contribution in [3.63, 3.8) is 0 Å². The van der Waals surface area contributed by atoms with E-state index >= 15 is 0 Å². The second-order valence-electron chi connectivity index (χ2n) is 7.59. The molecule has 5 unspecified atom stereocenters. The Morgan fingerprint density at radius 1 is 0.824 bits per heavy atom. The van der Waals surface area contributed by atoms with Gasteiger partial charge in [0.1, 0.15) is 18.1 Å². The van der Waals surface area contributed by atoms with E-state index in [1.165, 1.54) is 18.7 Å². The number of thioether (sulfide) groups is 1. The third-order valence-corrected chi connectivity index (χ3v) is 5.28. The highest BCUT2D eigenvalue weighted by Gasteiger charge is 2.32. The van der Waals surface area contributed by atoms with Crippen molar-refractivity contribution in [3.8, 4) is 0 Å². The Balaban J connectivity index is 5.36. The molecule has 0 bridgehead atoms. The first-order chi connectivity index (χ1) is 15.8. The van der Waals surface area contributed by atoms with Crippen molar-refractivity contribution in [1.29, 1.82) is 0 Å². The van der Waals surface area contributed by atoms with Gasteiger partial charge in [0.05, 0.1) is 12.1 Å².